The fraction of sp³-hybridized carbons (Fsp3) is 0.107. The van der Waals surface area contributed by atoms with Gasteiger partial charge in [-0.2, -0.15) is 31.4 Å². The number of ether oxygens (including phenoxy) is 1. The highest BCUT2D eigenvalue weighted by Gasteiger charge is 2.41. The van der Waals surface area contributed by atoms with Crippen LogP contribution in [0, 0.1) is 0 Å². The summed E-state index contributed by atoms with van der Waals surface area (Å²) in [5.41, 5.74) is -0.237. The van der Waals surface area contributed by atoms with Gasteiger partial charge in [0.15, 0.2) is 5.69 Å². The summed E-state index contributed by atoms with van der Waals surface area (Å²) in [6, 6.07) is 18.7. The van der Waals surface area contributed by atoms with Crippen molar-refractivity contribution < 1.29 is 41.0 Å². The number of nitrogens with zero attached hydrogens (tertiary/aromatic N) is 3. The van der Waals surface area contributed by atoms with E-state index in [0.29, 0.717) is 33.4 Å². The largest absolute Gasteiger partial charge is 0.488 e. The van der Waals surface area contributed by atoms with Gasteiger partial charge in [0, 0.05) is 10.9 Å². The molecule has 210 valence electrons. The number of para-hydroxylation sites is 1. The van der Waals surface area contributed by atoms with E-state index in [4.69, 9.17) is 9.84 Å². The summed E-state index contributed by atoms with van der Waals surface area (Å²) < 4.78 is 85.7. The van der Waals surface area contributed by atoms with E-state index in [9.17, 15) is 31.1 Å². The predicted octanol–water partition coefficient (Wildman–Crippen LogP) is 7.98. The second kappa shape index (κ2) is 10.7. The number of benzene rings is 3. The van der Waals surface area contributed by atoms with E-state index >= 15 is 0 Å². The Hall–Kier alpha value is -4.65. The van der Waals surface area contributed by atoms with Gasteiger partial charge in [-0.25, -0.2) is 14.5 Å². The van der Waals surface area contributed by atoms with Crippen LogP contribution in [0.4, 0.5) is 26.3 Å². The van der Waals surface area contributed by atoms with Crippen LogP contribution in [0.15, 0.2) is 84.4 Å². The molecule has 3 aromatic carbocycles. The number of carboxylic acid groups (broad SMARTS) is 1. The van der Waals surface area contributed by atoms with Crippen LogP contribution in [0.3, 0.4) is 0 Å². The normalized spacial score (nSPS) is 12.0. The summed E-state index contributed by atoms with van der Waals surface area (Å²) >= 11 is 0.856. The third-order valence-electron chi connectivity index (χ3n) is 6.00. The van der Waals surface area contributed by atoms with Crippen molar-refractivity contribution >= 4 is 17.3 Å². The smallest absolute Gasteiger partial charge is 0.434 e. The van der Waals surface area contributed by atoms with Crippen molar-refractivity contribution in [1.29, 1.82) is 0 Å². The first-order chi connectivity index (χ1) is 19.4. The van der Waals surface area contributed by atoms with Gasteiger partial charge in [0.1, 0.15) is 17.9 Å². The molecule has 2 aromatic heterocycles. The lowest BCUT2D eigenvalue weighted by molar-refractivity contribution is -0.143. The molecule has 0 aliphatic carbocycles. The van der Waals surface area contributed by atoms with E-state index in [-0.39, 0.29) is 11.7 Å². The van der Waals surface area contributed by atoms with E-state index in [1.807, 2.05) is 0 Å². The van der Waals surface area contributed by atoms with Crippen LogP contribution in [0.25, 0.3) is 27.5 Å². The summed E-state index contributed by atoms with van der Waals surface area (Å²) in [4.78, 5) is 15.5. The lowest BCUT2D eigenvalue weighted by Gasteiger charge is -2.11. The zero-order valence-corrected chi connectivity index (χ0v) is 21.4. The summed E-state index contributed by atoms with van der Waals surface area (Å²) in [5, 5.41) is 14.1. The summed E-state index contributed by atoms with van der Waals surface area (Å²) in [6.45, 7) is 0.126. The fourth-order valence-electron chi connectivity index (χ4n) is 4.02. The fourth-order valence-corrected chi connectivity index (χ4v) is 4.80. The van der Waals surface area contributed by atoms with Crippen LogP contribution in [0.2, 0.25) is 0 Å². The summed E-state index contributed by atoms with van der Waals surface area (Å²) in [5.74, 6) is -1.36. The summed E-state index contributed by atoms with van der Waals surface area (Å²) in [7, 11) is 0. The maximum absolute atomic E-state index is 13.6. The molecule has 0 aliphatic rings. The van der Waals surface area contributed by atoms with Crippen molar-refractivity contribution in [2.75, 3.05) is 0 Å². The van der Waals surface area contributed by atoms with Crippen LogP contribution in [0.1, 0.15) is 27.2 Å². The minimum atomic E-state index is -4.97. The molecule has 0 bridgehead atoms. The first kappa shape index (κ1) is 27.9. The molecule has 0 fully saturated rings. The quantitative estimate of drug-likeness (QED) is 0.195. The first-order valence-electron chi connectivity index (χ1n) is 11.7. The minimum Gasteiger partial charge on any atom is -0.488 e. The van der Waals surface area contributed by atoms with E-state index < -0.39 is 35.1 Å². The van der Waals surface area contributed by atoms with Crippen molar-refractivity contribution in [3.05, 3.63) is 107 Å². The zero-order valence-electron chi connectivity index (χ0n) is 20.6. The van der Waals surface area contributed by atoms with Crippen molar-refractivity contribution in [2.24, 2.45) is 0 Å². The maximum atomic E-state index is 13.6. The number of halogens is 6. The molecule has 2 heterocycles. The minimum absolute atomic E-state index is 0.126. The molecule has 6 nitrogen and oxygen atoms in total. The van der Waals surface area contributed by atoms with Crippen molar-refractivity contribution in [1.82, 2.24) is 14.8 Å². The van der Waals surface area contributed by atoms with E-state index in [1.54, 1.807) is 48.5 Å². The highest BCUT2D eigenvalue weighted by molar-refractivity contribution is 7.12. The van der Waals surface area contributed by atoms with Crippen LogP contribution in [0.5, 0.6) is 5.75 Å². The van der Waals surface area contributed by atoms with Gasteiger partial charge < -0.3 is 9.84 Å². The highest BCUT2D eigenvalue weighted by atomic mass is 32.1. The Balaban J connectivity index is 1.34. The van der Waals surface area contributed by atoms with Gasteiger partial charge >= 0.3 is 18.3 Å². The second-order valence-electron chi connectivity index (χ2n) is 8.69. The number of hydrogen-bond donors (Lipinski definition) is 1. The van der Waals surface area contributed by atoms with Gasteiger partial charge in [-0.15, -0.1) is 11.3 Å². The first-order valence-corrected chi connectivity index (χ1v) is 12.6. The van der Waals surface area contributed by atoms with E-state index in [2.05, 4.69) is 10.1 Å². The van der Waals surface area contributed by atoms with Crippen LogP contribution >= 0.6 is 11.3 Å². The van der Waals surface area contributed by atoms with Crippen LogP contribution < -0.4 is 4.74 Å². The molecule has 41 heavy (non-hydrogen) atoms. The molecular weight excluding hydrogens is 572 g/mol. The van der Waals surface area contributed by atoms with Gasteiger partial charge in [-0.05, 0) is 41.0 Å². The number of carbonyl (C=O) groups is 1. The van der Waals surface area contributed by atoms with Crippen molar-refractivity contribution in [3.63, 3.8) is 0 Å². The topological polar surface area (TPSA) is 77.2 Å². The van der Waals surface area contributed by atoms with Gasteiger partial charge in [0.25, 0.3) is 0 Å². The Morgan fingerprint density at radius 1 is 0.878 bits per heavy atom. The molecular formula is C28H17F6N3O3S. The molecule has 0 unspecified atom stereocenters. The third kappa shape index (κ3) is 5.94. The predicted molar refractivity (Wildman–Crippen MR) is 138 cm³/mol. The Bertz CT molecular complexity index is 1690. The lowest BCUT2D eigenvalue weighted by atomic mass is 10.0. The monoisotopic (exact) mass is 589 g/mol. The number of alkyl halides is 6. The molecule has 5 aromatic rings. The number of thiazole rings is 1. The molecule has 0 saturated carbocycles. The number of aromatic nitrogens is 3. The molecule has 13 heteroatoms. The van der Waals surface area contributed by atoms with Gasteiger partial charge in [-0.1, -0.05) is 48.5 Å². The van der Waals surface area contributed by atoms with Gasteiger partial charge in [-0.3, -0.25) is 0 Å². The Labute approximate surface area is 232 Å². The molecule has 0 aliphatic heterocycles. The Kier molecular flexibility index (Phi) is 7.30. The van der Waals surface area contributed by atoms with Crippen molar-refractivity contribution in [3.8, 4) is 33.3 Å². The Morgan fingerprint density at radius 3 is 2.12 bits per heavy atom. The van der Waals surface area contributed by atoms with E-state index in [1.165, 1.54) is 17.5 Å². The molecule has 0 atom stereocenters. The average Bonchev–Trinajstić information content (AvgIpc) is 3.60. The third-order valence-corrected chi connectivity index (χ3v) is 6.81. The lowest BCUT2D eigenvalue weighted by Crippen LogP contribution is -2.17. The van der Waals surface area contributed by atoms with E-state index in [0.717, 1.165) is 34.6 Å². The number of hydrogen-bond acceptors (Lipinski definition) is 5. The standard InChI is InChI=1S/C28H17F6N3O3S/c29-27(30,31)19-11-9-18(10-12-19)17-7-5-16(6-8-17)14-40-23-4-2-1-3-20(23)22-15-41-26(36-22)37-24(28(32,33)34)21(13-35-37)25(38)39/h1-13,15H,14H2,(H,38,39). The molecule has 0 saturated heterocycles. The summed E-state index contributed by atoms with van der Waals surface area (Å²) in [6.07, 6.45) is -8.75. The number of carboxylic acids is 1. The number of aromatic carboxylic acids is 1. The van der Waals surface area contributed by atoms with Crippen molar-refractivity contribution in [2.45, 2.75) is 19.0 Å². The van der Waals surface area contributed by atoms with Gasteiger partial charge in [0.05, 0.1) is 17.5 Å². The highest BCUT2D eigenvalue weighted by Crippen LogP contribution is 2.37. The zero-order chi connectivity index (χ0) is 29.4. The Morgan fingerprint density at radius 2 is 1.51 bits per heavy atom. The SMILES string of the molecule is O=C(O)c1cnn(-c2nc(-c3ccccc3OCc3ccc(-c4ccc(C(F)(F)F)cc4)cc3)cs2)c1C(F)(F)F. The molecule has 1 N–H and O–H groups in total. The molecule has 0 amide bonds. The number of rotatable bonds is 7. The average molecular weight is 590 g/mol. The van der Waals surface area contributed by atoms with Gasteiger partial charge in [0.2, 0.25) is 5.13 Å². The molecule has 0 spiro atoms. The maximum Gasteiger partial charge on any atom is 0.434 e. The van der Waals surface area contributed by atoms with Crippen LogP contribution in [-0.2, 0) is 19.0 Å². The molecule has 5 rings (SSSR count). The molecule has 0 radical (unpaired) electrons. The second-order valence-corrected chi connectivity index (χ2v) is 9.53. The van der Waals surface area contributed by atoms with Crippen LogP contribution in [-0.4, -0.2) is 25.8 Å².